The molecule has 3 atom stereocenters. The number of nitrogens with two attached hydrogens (primary N) is 1. The summed E-state index contributed by atoms with van der Waals surface area (Å²) in [5.74, 6) is -1.19. The molecule has 168 valence electrons. The maximum atomic E-state index is 13.2. The first-order valence-electron chi connectivity index (χ1n) is 10.3. The summed E-state index contributed by atoms with van der Waals surface area (Å²) >= 11 is 0. The van der Waals surface area contributed by atoms with Crippen molar-refractivity contribution in [2.24, 2.45) is 17.6 Å². The van der Waals surface area contributed by atoms with Crippen molar-refractivity contribution in [2.45, 2.75) is 65.3 Å². The van der Waals surface area contributed by atoms with E-state index in [4.69, 9.17) is 10.5 Å². The first-order chi connectivity index (χ1) is 13.7. The van der Waals surface area contributed by atoms with Crippen LogP contribution in [0.1, 0.15) is 46.1 Å². The lowest BCUT2D eigenvalue weighted by Crippen LogP contribution is -2.57. The van der Waals surface area contributed by atoms with Gasteiger partial charge < -0.3 is 20.7 Å². The van der Waals surface area contributed by atoms with E-state index in [2.05, 4.69) is 5.32 Å². The van der Waals surface area contributed by atoms with Crippen LogP contribution in [0, 0.1) is 11.8 Å². The first kappa shape index (κ1) is 25.9. The minimum absolute atomic E-state index is 0. The molecule has 7 nitrogen and oxygen atoms in total. The topological polar surface area (TPSA) is 102 Å². The number of nitrogens with one attached hydrogen (secondary N) is 1. The highest BCUT2D eigenvalue weighted by Gasteiger charge is 2.39. The van der Waals surface area contributed by atoms with E-state index in [0.29, 0.717) is 13.0 Å². The molecule has 0 aromatic heterocycles. The van der Waals surface area contributed by atoms with Crippen molar-refractivity contribution in [3.05, 3.63) is 35.9 Å². The van der Waals surface area contributed by atoms with Gasteiger partial charge in [-0.1, -0.05) is 58.0 Å². The maximum Gasteiger partial charge on any atom is 0.329 e. The molecular formula is C22H34ClN3O4. The van der Waals surface area contributed by atoms with E-state index in [-0.39, 0.29) is 42.7 Å². The Labute approximate surface area is 185 Å². The third-order valence-electron chi connectivity index (χ3n) is 5.28. The molecule has 1 aromatic rings. The predicted molar refractivity (Wildman–Crippen MR) is 118 cm³/mol. The third kappa shape index (κ3) is 6.71. The summed E-state index contributed by atoms with van der Waals surface area (Å²) in [6, 6.07) is 7.39. The Morgan fingerprint density at radius 3 is 2.33 bits per heavy atom. The van der Waals surface area contributed by atoms with Crippen LogP contribution in [0.2, 0.25) is 0 Å². The van der Waals surface area contributed by atoms with Crippen molar-refractivity contribution in [2.75, 3.05) is 6.54 Å². The summed E-state index contributed by atoms with van der Waals surface area (Å²) in [6.45, 7) is 8.08. The van der Waals surface area contributed by atoms with Gasteiger partial charge in [-0.05, 0) is 30.2 Å². The number of ether oxygens (including phenoxy) is 1. The van der Waals surface area contributed by atoms with Crippen LogP contribution in [0.4, 0.5) is 0 Å². The maximum absolute atomic E-state index is 13.2. The van der Waals surface area contributed by atoms with E-state index in [0.717, 1.165) is 12.0 Å². The number of hydrogen-bond donors (Lipinski definition) is 2. The molecule has 0 aliphatic carbocycles. The molecule has 0 radical (unpaired) electrons. The van der Waals surface area contributed by atoms with Crippen molar-refractivity contribution in [3.63, 3.8) is 0 Å². The predicted octanol–water partition coefficient (Wildman–Crippen LogP) is 2.27. The van der Waals surface area contributed by atoms with Crippen LogP contribution in [0.5, 0.6) is 0 Å². The molecule has 1 saturated heterocycles. The molecule has 30 heavy (non-hydrogen) atoms. The molecule has 1 aliphatic rings. The van der Waals surface area contributed by atoms with Gasteiger partial charge in [0.2, 0.25) is 11.8 Å². The minimum atomic E-state index is -0.727. The highest BCUT2D eigenvalue weighted by Crippen LogP contribution is 2.22. The number of esters is 1. The molecule has 0 spiro atoms. The van der Waals surface area contributed by atoms with E-state index >= 15 is 0 Å². The zero-order valence-electron chi connectivity index (χ0n) is 18.2. The molecule has 0 saturated carbocycles. The normalized spacial score (nSPS) is 18.0. The number of amides is 2. The van der Waals surface area contributed by atoms with Gasteiger partial charge in [0.15, 0.2) is 0 Å². The van der Waals surface area contributed by atoms with Crippen LogP contribution >= 0.6 is 12.4 Å². The van der Waals surface area contributed by atoms with Crippen LogP contribution in [-0.4, -0.2) is 47.4 Å². The molecular weight excluding hydrogens is 406 g/mol. The molecule has 1 aromatic carbocycles. The Hall–Kier alpha value is -2.12. The van der Waals surface area contributed by atoms with Crippen molar-refractivity contribution in [1.82, 2.24) is 10.2 Å². The number of rotatable bonds is 8. The number of benzene rings is 1. The summed E-state index contributed by atoms with van der Waals surface area (Å²) < 4.78 is 5.44. The van der Waals surface area contributed by atoms with Crippen molar-refractivity contribution < 1.29 is 19.1 Å². The van der Waals surface area contributed by atoms with Crippen molar-refractivity contribution in [1.29, 1.82) is 0 Å². The fourth-order valence-electron chi connectivity index (χ4n) is 3.34. The third-order valence-corrected chi connectivity index (χ3v) is 5.28. The Bertz CT molecular complexity index is 712. The van der Waals surface area contributed by atoms with Crippen LogP contribution in [-0.2, 0) is 25.7 Å². The van der Waals surface area contributed by atoms with Crippen LogP contribution in [0.25, 0.3) is 0 Å². The van der Waals surface area contributed by atoms with E-state index in [1.54, 1.807) is 4.90 Å². The SMILES string of the molecule is CC(C)[C@H](N)C(=O)N[C@H](C(=O)N1CCC[C@H]1C(=O)OCc1ccccc1)C(C)C.Cl. The van der Waals surface area contributed by atoms with Crippen molar-refractivity contribution in [3.8, 4) is 0 Å². The number of nitrogens with zero attached hydrogens (tertiary/aromatic N) is 1. The number of likely N-dealkylation sites (tertiary alicyclic amines) is 1. The summed E-state index contributed by atoms with van der Waals surface area (Å²) in [6.07, 6.45) is 1.28. The zero-order chi connectivity index (χ0) is 21.6. The lowest BCUT2D eigenvalue weighted by atomic mass is 9.99. The quantitative estimate of drug-likeness (QED) is 0.605. The lowest BCUT2D eigenvalue weighted by molar-refractivity contribution is -0.155. The summed E-state index contributed by atoms with van der Waals surface area (Å²) in [7, 11) is 0. The number of carbonyl (C=O) groups is 3. The average molecular weight is 440 g/mol. The first-order valence-corrected chi connectivity index (χ1v) is 10.3. The second-order valence-corrected chi connectivity index (χ2v) is 8.28. The van der Waals surface area contributed by atoms with Crippen LogP contribution in [0.3, 0.4) is 0 Å². The van der Waals surface area contributed by atoms with E-state index in [1.807, 2.05) is 58.0 Å². The molecule has 1 aliphatic heterocycles. The molecule has 2 amide bonds. The Morgan fingerprint density at radius 1 is 1.13 bits per heavy atom. The second-order valence-electron chi connectivity index (χ2n) is 8.28. The zero-order valence-corrected chi connectivity index (χ0v) is 19.0. The Kier molecular flexibility index (Phi) is 10.3. The van der Waals surface area contributed by atoms with Gasteiger partial charge in [-0.3, -0.25) is 9.59 Å². The summed E-state index contributed by atoms with van der Waals surface area (Å²) in [5.41, 5.74) is 6.82. The molecule has 8 heteroatoms. The van der Waals surface area contributed by atoms with Gasteiger partial charge in [0.1, 0.15) is 18.7 Å². The molecule has 1 fully saturated rings. The average Bonchev–Trinajstić information content (AvgIpc) is 3.19. The molecule has 2 rings (SSSR count). The smallest absolute Gasteiger partial charge is 0.329 e. The van der Waals surface area contributed by atoms with Gasteiger partial charge in [0.05, 0.1) is 6.04 Å². The Morgan fingerprint density at radius 2 is 1.77 bits per heavy atom. The molecule has 0 unspecified atom stereocenters. The van der Waals surface area contributed by atoms with Gasteiger partial charge >= 0.3 is 5.97 Å². The van der Waals surface area contributed by atoms with Gasteiger partial charge in [0, 0.05) is 6.54 Å². The van der Waals surface area contributed by atoms with E-state index < -0.39 is 24.1 Å². The lowest BCUT2D eigenvalue weighted by Gasteiger charge is -2.31. The molecule has 1 heterocycles. The standard InChI is InChI=1S/C22H33N3O4.ClH/c1-14(2)18(23)20(26)24-19(15(3)4)21(27)25-12-8-11-17(25)22(28)29-13-16-9-6-5-7-10-16;/h5-7,9-10,14-15,17-19H,8,11-13,23H2,1-4H3,(H,24,26);1H/t17-,18-,19-;/m0./s1. The molecule has 3 N–H and O–H groups in total. The van der Waals surface area contributed by atoms with Crippen LogP contribution in [0.15, 0.2) is 30.3 Å². The molecule has 0 bridgehead atoms. The fraction of sp³-hybridized carbons (Fsp3) is 0.591. The number of halogens is 1. The summed E-state index contributed by atoms with van der Waals surface area (Å²) in [5, 5.41) is 2.78. The van der Waals surface area contributed by atoms with Gasteiger partial charge in [0.25, 0.3) is 0 Å². The number of hydrogen-bond acceptors (Lipinski definition) is 5. The largest absolute Gasteiger partial charge is 0.459 e. The summed E-state index contributed by atoms with van der Waals surface area (Å²) in [4.78, 5) is 39.7. The highest BCUT2D eigenvalue weighted by atomic mass is 35.5. The minimum Gasteiger partial charge on any atom is -0.459 e. The van der Waals surface area contributed by atoms with Crippen molar-refractivity contribution >= 4 is 30.2 Å². The van der Waals surface area contributed by atoms with Crippen LogP contribution < -0.4 is 11.1 Å². The monoisotopic (exact) mass is 439 g/mol. The van der Waals surface area contributed by atoms with Gasteiger partial charge in [-0.15, -0.1) is 12.4 Å². The highest BCUT2D eigenvalue weighted by molar-refractivity contribution is 5.92. The van der Waals surface area contributed by atoms with Gasteiger partial charge in [-0.2, -0.15) is 0 Å². The Balaban J connectivity index is 0.00000450. The number of carbonyl (C=O) groups excluding carboxylic acids is 3. The van der Waals surface area contributed by atoms with E-state index in [1.165, 1.54) is 0 Å². The van der Waals surface area contributed by atoms with Gasteiger partial charge in [-0.25, -0.2) is 4.79 Å². The fourth-order valence-corrected chi connectivity index (χ4v) is 3.34. The van der Waals surface area contributed by atoms with E-state index in [9.17, 15) is 14.4 Å². The second kappa shape index (κ2) is 11.9.